The monoisotopic (exact) mass is 432 g/mol. The summed E-state index contributed by atoms with van der Waals surface area (Å²) < 4.78 is 7.81. The molecule has 148 valence electrons. The van der Waals surface area contributed by atoms with Crippen LogP contribution in [0.5, 0.6) is 5.75 Å². The van der Waals surface area contributed by atoms with E-state index in [0.29, 0.717) is 23.6 Å². The second-order valence-electron chi connectivity index (χ2n) is 6.52. The van der Waals surface area contributed by atoms with E-state index in [1.54, 1.807) is 29.0 Å². The van der Waals surface area contributed by atoms with Gasteiger partial charge in [-0.3, -0.25) is 9.20 Å². The highest BCUT2D eigenvalue weighted by Gasteiger charge is 2.13. The van der Waals surface area contributed by atoms with E-state index in [2.05, 4.69) is 15.3 Å². The van der Waals surface area contributed by atoms with E-state index < -0.39 is 0 Å². The number of nitrogens with one attached hydrogen (secondary N) is 1. The molecule has 3 heterocycles. The number of carbonyl (C=O) groups excluding carboxylic acids is 1. The molecule has 2 aromatic carbocycles. The Bertz CT molecular complexity index is 1260. The molecule has 3 aromatic heterocycles. The van der Waals surface area contributed by atoms with Gasteiger partial charge in [0.1, 0.15) is 12.4 Å². The number of rotatable bonds is 6. The predicted molar refractivity (Wildman–Crippen MR) is 119 cm³/mol. The summed E-state index contributed by atoms with van der Waals surface area (Å²) in [7, 11) is 0. The SMILES string of the molecule is O=C(Nc1ccc(-c2cn3ccsc3n2)cc1)c1ccccc1OCc1cscn1. The van der Waals surface area contributed by atoms with Gasteiger partial charge in [0, 0.05) is 34.4 Å². The average Bonchev–Trinajstić information content (AvgIpc) is 3.51. The molecule has 0 spiro atoms. The molecular formula is C22H16N4O2S2. The number of imidazole rings is 1. The molecule has 0 saturated carbocycles. The number of benzene rings is 2. The first-order chi connectivity index (χ1) is 14.8. The smallest absolute Gasteiger partial charge is 0.259 e. The van der Waals surface area contributed by atoms with E-state index in [1.807, 2.05) is 64.0 Å². The van der Waals surface area contributed by atoms with Gasteiger partial charge in [0.2, 0.25) is 0 Å². The number of hydrogen-bond donors (Lipinski definition) is 1. The maximum atomic E-state index is 12.8. The Balaban J connectivity index is 1.30. The highest BCUT2D eigenvalue weighted by Crippen LogP contribution is 2.25. The summed E-state index contributed by atoms with van der Waals surface area (Å²) in [5.41, 5.74) is 5.68. The van der Waals surface area contributed by atoms with Crippen molar-refractivity contribution >= 4 is 39.2 Å². The maximum absolute atomic E-state index is 12.8. The molecule has 0 radical (unpaired) electrons. The van der Waals surface area contributed by atoms with Crippen LogP contribution in [0.3, 0.4) is 0 Å². The molecular weight excluding hydrogens is 416 g/mol. The van der Waals surface area contributed by atoms with E-state index in [4.69, 9.17) is 4.74 Å². The van der Waals surface area contributed by atoms with Gasteiger partial charge in [-0.2, -0.15) is 0 Å². The molecule has 6 nitrogen and oxygen atoms in total. The normalized spacial score (nSPS) is 10.9. The van der Waals surface area contributed by atoms with Gasteiger partial charge in [0.25, 0.3) is 5.91 Å². The Morgan fingerprint density at radius 1 is 1.13 bits per heavy atom. The third kappa shape index (κ3) is 3.83. The van der Waals surface area contributed by atoms with Crippen LogP contribution in [0.1, 0.15) is 16.1 Å². The zero-order valence-corrected chi connectivity index (χ0v) is 17.3. The van der Waals surface area contributed by atoms with Crippen molar-refractivity contribution in [1.29, 1.82) is 0 Å². The molecule has 0 saturated heterocycles. The van der Waals surface area contributed by atoms with Crippen molar-refractivity contribution in [1.82, 2.24) is 14.4 Å². The van der Waals surface area contributed by atoms with Crippen LogP contribution in [0.4, 0.5) is 5.69 Å². The van der Waals surface area contributed by atoms with E-state index in [9.17, 15) is 4.79 Å². The zero-order chi connectivity index (χ0) is 20.3. The molecule has 0 fully saturated rings. The van der Waals surface area contributed by atoms with Gasteiger partial charge in [0.05, 0.1) is 22.5 Å². The lowest BCUT2D eigenvalue weighted by atomic mass is 10.1. The van der Waals surface area contributed by atoms with Crippen LogP contribution in [0.25, 0.3) is 16.2 Å². The summed E-state index contributed by atoms with van der Waals surface area (Å²) >= 11 is 3.11. The minimum Gasteiger partial charge on any atom is -0.486 e. The van der Waals surface area contributed by atoms with Crippen molar-refractivity contribution in [2.75, 3.05) is 5.32 Å². The molecule has 0 atom stereocenters. The van der Waals surface area contributed by atoms with Crippen molar-refractivity contribution in [2.24, 2.45) is 0 Å². The minimum absolute atomic E-state index is 0.223. The molecule has 0 aliphatic carbocycles. The standard InChI is InChI=1S/C22H16N4O2S2/c27-21(18-3-1-2-4-20(18)28-12-17-13-29-14-23-17)24-16-7-5-15(6-8-16)19-11-26-9-10-30-22(26)25-19/h1-11,13-14H,12H2,(H,24,27). The van der Waals surface area contributed by atoms with Crippen LogP contribution in [0.15, 0.2) is 77.2 Å². The largest absolute Gasteiger partial charge is 0.486 e. The van der Waals surface area contributed by atoms with E-state index in [-0.39, 0.29) is 5.91 Å². The fraction of sp³-hybridized carbons (Fsp3) is 0.0455. The summed E-state index contributed by atoms with van der Waals surface area (Å²) in [6.07, 6.45) is 3.98. The molecule has 1 N–H and O–H groups in total. The van der Waals surface area contributed by atoms with Gasteiger partial charge >= 0.3 is 0 Å². The van der Waals surface area contributed by atoms with Crippen molar-refractivity contribution in [3.05, 3.63) is 88.5 Å². The van der Waals surface area contributed by atoms with Crippen molar-refractivity contribution in [2.45, 2.75) is 6.61 Å². The summed E-state index contributed by atoms with van der Waals surface area (Å²) in [6, 6.07) is 14.8. The Morgan fingerprint density at radius 3 is 2.80 bits per heavy atom. The zero-order valence-electron chi connectivity index (χ0n) is 15.7. The van der Waals surface area contributed by atoms with Crippen molar-refractivity contribution in [3.63, 3.8) is 0 Å². The first-order valence-electron chi connectivity index (χ1n) is 9.19. The predicted octanol–water partition coefficient (Wildman–Crippen LogP) is 5.35. The number of amides is 1. The van der Waals surface area contributed by atoms with Crippen LogP contribution in [-0.2, 0) is 6.61 Å². The number of anilines is 1. The van der Waals surface area contributed by atoms with E-state index in [1.165, 1.54) is 11.3 Å². The van der Waals surface area contributed by atoms with Gasteiger partial charge in [-0.15, -0.1) is 22.7 Å². The topological polar surface area (TPSA) is 68.5 Å². The third-order valence-electron chi connectivity index (χ3n) is 4.52. The molecule has 0 aliphatic heterocycles. The number of hydrogen-bond acceptors (Lipinski definition) is 6. The number of nitrogens with zero attached hydrogens (tertiary/aromatic N) is 3. The molecule has 0 unspecified atom stereocenters. The lowest BCUT2D eigenvalue weighted by Crippen LogP contribution is -2.13. The van der Waals surface area contributed by atoms with Gasteiger partial charge in [-0.1, -0.05) is 24.3 Å². The van der Waals surface area contributed by atoms with Crippen LogP contribution in [-0.4, -0.2) is 20.3 Å². The van der Waals surface area contributed by atoms with Gasteiger partial charge < -0.3 is 10.1 Å². The Labute approximate surface area is 180 Å². The average molecular weight is 433 g/mol. The Kier molecular flexibility index (Phi) is 5.00. The minimum atomic E-state index is -0.223. The number of fused-ring (bicyclic) bond motifs is 1. The molecule has 8 heteroatoms. The molecule has 0 bridgehead atoms. The maximum Gasteiger partial charge on any atom is 0.259 e. The van der Waals surface area contributed by atoms with Gasteiger partial charge in [0.15, 0.2) is 4.96 Å². The summed E-state index contributed by atoms with van der Waals surface area (Å²) in [5, 5.41) is 6.86. The Morgan fingerprint density at radius 2 is 2.00 bits per heavy atom. The lowest BCUT2D eigenvalue weighted by molar-refractivity contribution is 0.102. The fourth-order valence-electron chi connectivity index (χ4n) is 3.03. The van der Waals surface area contributed by atoms with Crippen LogP contribution in [0.2, 0.25) is 0 Å². The molecule has 5 aromatic rings. The van der Waals surface area contributed by atoms with Gasteiger partial charge in [-0.05, 0) is 24.3 Å². The molecule has 0 aliphatic rings. The lowest BCUT2D eigenvalue weighted by Gasteiger charge is -2.11. The highest BCUT2D eigenvalue weighted by atomic mass is 32.1. The number of ether oxygens (including phenoxy) is 1. The Hall–Kier alpha value is -3.49. The fourth-order valence-corrected chi connectivity index (χ4v) is 4.27. The molecule has 5 rings (SSSR count). The third-order valence-corrected chi connectivity index (χ3v) is 5.93. The first kappa shape index (κ1) is 18.5. The summed E-state index contributed by atoms with van der Waals surface area (Å²) in [4.78, 5) is 22.6. The second kappa shape index (κ2) is 8.10. The van der Waals surface area contributed by atoms with Gasteiger partial charge in [-0.25, -0.2) is 9.97 Å². The van der Waals surface area contributed by atoms with E-state index in [0.717, 1.165) is 21.9 Å². The summed E-state index contributed by atoms with van der Waals surface area (Å²) in [5.74, 6) is 0.303. The van der Waals surface area contributed by atoms with Crippen LogP contribution >= 0.6 is 22.7 Å². The van der Waals surface area contributed by atoms with Crippen molar-refractivity contribution < 1.29 is 9.53 Å². The number of thiazole rings is 2. The van der Waals surface area contributed by atoms with Crippen LogP contribution < -0.4 is 10.1 Å². The number of para-hydroxylation sites is 1. The number of aromatic nitrogens is 3. The first-order valence-corrected chi connectivity index (χ1v) is 11.0. The molecule has 1 amide bonds. The number of carbonyl (C=O) groups is 1. The van der Waals surface area contributed by atoms with E-state index >= 15 is 0 Å². The second-order valence-corrected chi connectivity index (χ2v) is 8.11. The molecule has 30 heavy (non-hydrogen) atoms. The van der Waals surface area contributed by atoms with Crippen molar-refractivity contribution in [3.8, 4) is 17.0 Å². The van der Waals surface area contributed by atoms with Crippen LogP contribution in [0, 0.1) is 0 Å². The highest BCUT2D eigenvalue weighted by molar-refractivity contribution is 7.15. The quantitative estimate of drug-likeness (QED) is 0.393. The summed E-state index contributed by atoms with van der Waals surface area (Å²) in [6.45, 7) is 0.324.